The molecule has 92 valence electrons. The molecule has 1 aliphatic carbocycles. The zero-order chi connectivity index (χ0) is 12.5. The van der Waals surface area contributed by atoms with Crippen LogP contribution in [0.2, 0.25) is 0 Å². The lowest BCUT2D eigenvalue weighted by Crippen LogP contribution is -2.13. The van der Waals surface area contributed by atoms with E-state index in [-0.39, 0.29) is 5.91 Å². The van der Waals surface area contributed by atoms with Gasteiger partial charge in [-0.25, -0.2) is 9.97 Å². The second-order valence-corrected chi connectivity index (χ2v) is 4.46. The number of carbonyl (C=O) groups is 1. The fraction of sp³-hybridized carbons (Fsp3) is 0.308. The van der Waals surface area contributed by atoms with Gasteiger partial charge in [0.2, 0.25) is 0 Å². The fourth-order valence-electron chi connectivity index (χ4n) is 1.84. The summed E-state index contributed by atoms with van der Waals surface area (Å²) >= 11 is 0. The Bertz CT molecular complexity index is 574. The Hall–Kier alpha value is -2.17. The van der Waals surface area contributed by atoms with Crippen LogP contribution in [0.1, 0.15) is 40.6 Å². The van der Waals surface area contributed by atoms with Gasteiger partial charge in [-0.3, -0.25) is 4.79 Å². The minimum absolute atomic E-state index is 0.196. The van der Waals surface area contributed by atoms with Gasteiger partial charge < -0.3 is 9.73 Å². The molecule has 0 saturated heterocycles. The molecule has 18 heavy (non-hydrogen) atoms. The van der Waals surface area contributed by atoms with Crippen LogP contribution in [0.3, 0.4) is 0 Å². The molecule has 0 bridgehead atoms. The number of furan rings is 1. The highest BCUT2D eigenvalue weighted by Crippen LogP contribution is 2.42. The van der Waals surface area contributed by atoms with Crippen LogP contribution in [-0.2, 0) is 0 Å². The average Bonchev–Trinajstić information content (AvgIpc) is 3.05. The summed E-state index contributed by atoms with van der Waals surface area (Å²) in [6.07, 6.45) is 6.83. The van der Waals surface area contributed by atoms with E-state index in [4.69, 9.17) is 4.42 Å². The van der Waals surface area contributed by atoms with Gasteiger partial charge >= 0.3 is 0 Å². The van der Waals surface area contributed by atoms with E-state index in [1.54, 1.807) is 12.3 Å². The maximum atomic E-state index is 11.9. The number of aryl methyl sites for hydroxylation is 1. The van der Waals surface area contributed by atoms with E-state index in [0.29, 0.717) is 17.2 Å². The molecule has 1 amide bonds. The molecule has 0 unspecified atom stereocenters. The average molecular weight is 243 g/mol. The van der Waals surface area contributed by atoms with E-state index >= 15 is 0 Å². The van der Waals surface area contributed by atoms with Gasteiger partial charge in [0.15, 0.2) is 0 Å². The monoisotopic (exact) mass is 243 g/mol. The van der Waals surface area contributed by atoms with Gasteiger partial charge in [-0.05, 0) is 25.8 Å². The van der Waals surface area contributed by atoms with Gasteiger partial charge in [0, 0.05) is 5.92 Å². The molecule has 0 aromatic carbocycles. The van der Waals surface area contributed by atoms with Crippen molar-refractivity contribution in [2.24, 2.45) is 0 Å². The molecule has 2 heterocycles. The van der Waals surface area contributed by atoms with Crippen LogP contribution in [-0.4, -0.2) is 15.9 Å². The van der Waals surface area contributed by atoms with Gasteiger partial charge in [0.25, 0.3) is 5.91 Å². The van der Waals surface area contributed by atoms with E-state index < -0.39 is 0 Å². The molecule has 5 nitrogen and oxygen atoms in total. The summed E-state index contributed by atoms with van der Waals surface area (Å²) in [4.78, 5) is 20.5. The van der Waals surface area contributed by atoms with E-state index in [9.17, 15) is 4.79 Å². The van der Waals surface area contributed by atoms with Crippen molar-refractivity contribution in [1.29, 1.82) is 0 Å². The van der Waals surface area contributed by atoms with Gasteiger partial charge in [-0.2, -0.15) is 0 Å². The van der Waals surface area contributed by atoms with Crippen LogP contribution in [0.4, 0.5) is 5.69 Å². The molecule has 1 saturated carbocycles. The molecule has 2 aromatic rings. The number of nitrogens with one attached hydrogen (secondary N) is 1. The summed E-state index contributed by atoms with van der Waals surface area (Å²) in [5.41, 5.74) is 2.14. The number of aromatic nitrogens is 2. The van der Waals surface area contributed by atoms with Crippen molar-refractivity contribution in [3.63, 3.8) is 0 Å². The lowest BCUT2D eigenvalue weighted by molar-refractivity contribution is 0.102. The maximum Gasteiger partial charge on any atom is 0.259 e. The van der Waals surface area contributed by atoms with Crippen molar-refractivity contribution in [3.05, 3.63) is 41.9 Å². The first-order valence-corrected chi connectivity index (χ1v) is 5.91. The van der Waals surface area contributed by atoms with Crippen molar-refractivity contribution in [2.75, 3.05) is 5.32 Å². The van der Waals surface area contributed by atoms with E-state index in [0.717, 1.165) is 24.4 Å². The highest BCUT2D eigenvalue weighted by Gasteiger charge is 2.28. The summed E-state index contributed by atoms with van der Waals surface area (Å²) in [5, 5.41) is 2.84. The van der Waals surface area contributed by atoms with Crippen LogP contribution in [0.15, 0.2) is 29.2 Å². The van der Waals surface area contributed by atoms with Gasteiger partial charge in [-0.15, -0.1) is 0 Å². The number of nitrogens with zero attached hydrogens (tertiary/aromatic N) is 2. The third-order valence-electron chi connectivity index (χ3n) is 2.93. The van der Waals surface area contributed by atoms with Crippen LogP contribution in [0.5, 0.6) is 0 Å². The van der Waals surface area contributed by atoms with Crippen molar-refractivity contribution in [2.45, 2.75) is 25.7 Å². The minimum Gasteiger partial charge on any atom is -0.472 e. The molecule has 3 rings (SSSR count). The predicted octanol–water partition coefficient (Wildman–Crippen LogP) is 2.51. The van der Waals surface area contributed by atoms with E-state index in [2.05, 4.69) is 15.3 Å². The molecule has 2 aromatic heterocycles. The van der Waals surface area contributed by atoms with Gasteiger partial charge in [0.05, 0.1) is 29.4 Å². The van der Waals surface area contributed by atoms with Gasteiger partial charge in [-0.1, -0.05) is 0 Å². The Labute approximate surface area is 104 Å². The summed E-state index contributed by atoms with van der Waals surface area (Å²) in [6.45, 7) is 1.85. The van der Waals surface area contributed by atoms with E-state index in [1.807, 2.05) is 6.92 Å². The molecule has 1 fully saturated rings. The largest absolute Gasteiger partial charge is 0.472 e. The van der Waals surface area contributed by atoms with E-state index in [1.165, 1.54) is 12.5 Å². The topological polar surface area (TPSA) is 68.0 Å². The van der Waals surface area contributed by atoms with Crippen molar-refractivity contribution < 1.29 is 9.21 Å². The fourth-order valence-corrected chi connectivity index (χ4v) is 1.84. The van der Waals surface area contributed by atoms with Crippen molar-refractivity contribution >= 4 is 11.6 Å². The molecular weight excluding hydrogens is 230 g/mol. The standard InChI is InChI=1S/C13H13N3O2/c1-8-14-6-11(12(15-8)9-2-3-9)16-13(17)10-4-5-18-7-10/h4-7,9H,2-3H2,1H3,(H,16,17). The summed E-state index contributed by atoms with van der Waals surface area (Å²) < 4.78 is 4.89. The number of carbonyl (C=O) groups excluding carboxylic acids is 1. The lowest BCUT2D eigenvalue weighted by Gasteiger charge is -2.09. The predicted molar refractivity (Wildman–Crippen MR) is 65.4 cm³/mol. The minimum atomic E-state index is -0.196. The van der Waals surface area contributed by atoms with Crippen LogP contribution < -0.4 is 5.32 Å². The first-order valence-electron chi connectivity index (χ1n) is 5.91. The highest BCUT2D eigenvalue weighted by molar-refractivity contribution is 6.04. The third kappa shape index (κ3) is 2.11. The maximum absolute atomic E-state index is 11.9. The Kier molecular flexibility index (Phi) is 2.59. The zero-order valence-corrected chi connectivity index (χ0v) is 10.0. The first kappa shape index (κ1) is 11.0. The Balaban J connectivity index is 1.86. The summed E-state index contributed by atoms with van der Waals surface area (Å²) in [5.74, 6) is 1.00. The molecule has 0 atom stereocenters. The molecule has 5 heteroatoms. The SMILES string of the molecule is Cc1ncc(NC(=O)c2ccoc2)c(C2CC2)n1. The summed E-state index contributed by atoms with van der Waals surface area (Å²) in [7, 11) is 0. The van der Waals surface area contributed by atoms with Crippen LogP contribution in [0, 0.1) is 6.92 Å². The number of hydrogen-bond donors (Lipinski definition) is 1. The quantitative estimate of drug-likeness (QED) is 0.899. The van der Waals surface area contributed by atoms with Crippen molar-refractivity contribution in [3.8, 4) is 0 Å². The molecule has 0 aliphatic heterocycles. The number of amides is 1. The molecule has 0 radical (unpaired) electrons. The van der Waals surface area contributed by atoms with Crippen LogP contribution >= 0.6 is 0 Å². The molecule has 1 aliphatic rings. The van der Waals surface area contributed by atoms with Gasteiger partial charge in [0.1, 0.15) is 12.1 Å². The highest BCUT2D eigenvalue weighted by atomic mass is 16.3. The molecular formula is C13H13N3O2. The molecule has 1 N–H and O–H groups in total. The first-order chi connectivity index (χ1) is 8.74. The second kappa shape index (κ2) is 4.25. The second-order valence-electron chi connectivity index (χ2n) is 4.46. The molecule has 0 spiro atoms. The van der Waals surface area contributed by atoms with Crippen LogP contribution in [0.25, 0.3) is 0 Å². The Morgan fingerprint density at radius 2 is 2.33 bits per heavy atom. The summed E-state index contributed by atoms with van der Waals surface area (Å²) in [6, 6.07) is 1.63. The van der Waals surface area contributed by atoms with Crippen molar-refractivity contribution in [1.82, 2.24) is 9.97 Å². The smallest absolute Gasteiger partial charge is 0.259 e. The zero-order valence-electron chi connectivity index (χ0n) is 10.0. The number of anilines is 1. The number of hydrogen-bond acceptors (Lipinski definition) is 4. The normalized spacial score (nSPS) is 14.5. The Morgan fingerprint density at radius 1 is 1.50 bits per heavy atom. The number of rotatable bonds is 3. The Morgan fingerprint density at radius 3 is 3.00 bits per heavy atom. The lowest BCUT2D eigenvalue weighted by atomic mass is 10.2. The third-order valence-corrected chi connectivity index (χ3v) is 2.93.